The minimum absolute atomic E-state index is 0.713. The quantitative estimate of drug-likeness (QED) is 0.489. The number of nitrogens with zero attached hydrogens (tertiary/aromatic N) is 2. The van der Waals surface area contributed by atoms with Crippen molar-refractivity contribution in [3.8, 4) is 0 Å². The molecule has 1 aliphatic rings. The highest BCUT2D eigenvalue weighted by Crippen LogP contribution is 2.18. The second kappa shape index (κ2) is 2.51. The lowest BCUT2D eigenvalue weighted by molar-refractivity contribution is -0.922. The van der Waals surface area contributed by atoms with Gasteiger partial charge in [-0.05, 0) is 14.0 Å². The van der Waals surface area contributed by atoms with Crippen molar-refractivity contribution < 1.29 is 4.48 Å². The van der Waals surface area contributed by atoms with E-state index in [-0.39, 0.29) is 0 Å². The summed E-state index contributed by atoms with van der Waals surface area (Å²) in [5.41, 5.74) is 0. The van der Waals surface area contributed by atoms with Crippen LogP contribution in [0.2, 0.25) is 0 Å². The molecule has 1 rings (SSSR count). The van der Waals surface area contributed by atoms with E-state index in [1.54, 1.807) is 0 Å². The molecule has 1 saturated heterocycles. The van der Waals surface area contributed by atoms with Crippen LogP contribution in [0.1, 0.15) is 13.8 Å². The van der Waals surface area contributed by atoms with Crippen molar-refractivity contribution in [1.29, 1.82) is 0 Å². The Hall–Kier alpha value is -0.0800. The van der Waals surface area contributed by atoms with Gasteiger partial charge in [-0.15, -0.1) is 0 Å². The van der Waals surface area contributed by atoms with Crippen molar-refractivity contribution in [3.05, 3.63) is 0 Å². The summed E-state index contributed by atoms with van der Waals surface area (Å²) < 4.78 is 1.22. The maximum absolute atomic E-state index is 2.43. The Kier molecular flexibility index (Phi) is 2.02. The van der Waals surface area contributed by atoms with Crippen molar-refractivity contribution in [3.63, 3.8) is 0 Å². The summed E-state index contributed by atoms with van der Waals surface area (Å²) >= 11 is 0. The van der Waals surface area contributed by atoms with Gasteiger partial charge in [0.15, 0.2) is 0 Å². The van der Waals surface area contributed by atoms with Crippen LogP contribution < -0.4 is 0 Å². The molecule has 2 nitrogen and oxygen atoms in total. The summed E-state index contributed by atoms with van der Waals surface area (Å²) in [5.74, 6) is 0. The summed E-state index contributed by atoms with van der Waals surface area (Å²) in [6.45, 7) is 8.41. The van der Waals surface area contributed by atoms with Gasteiger partial charge in [0, 0.05) is 6.92 Å². The van der Waals surface area contributed by atoms with Crippen LogP contribution in [0.15, 0.2) is 0 Å². The van der Waals surface area contributed by atoms with Crippen molar-refractivity contribution in [2.75, 3.05) is 33.7 Å². The standard InChI is InChI=1S/C8H19N2/c1-5-10(4)7-6-9(3)8(10)2/h8H,5-7H2,1-4H3/q+1. The zero-order chi connectivity index (χ0) is 7.78. The first-order valence-electron chi connectivity index (χ1n) is 4.14. The monoisotopic (exact) mass is 143 g/mol. The lowest BCUT2D eigenvalue weighted by atomic mass is 10.4. The van der Waals surface area contributed by atoms with E-state index >= 15 is 0 Å². The first-order chi connectivity index (χ1) is 4.60. The first-order valence-corrected chi connectivity index (χ1v) is 4.14. The summed E-state index contributed by atoms with van der Waals surface area (Å²) in [4.78, 5) is 2.43. The van der Waals surface area contributed by atoms with Gasteiger partial charge in [-0.2, -0.15) is 0 Å². The minimum Gasteiger partial charge on any atom is -0.310 e. The maximum Gasteiger partial charge on any atom is 0.142 e. The molecule has 0 spiro atoms. The molecule has 10 heavy (non-hydrogen) atoms. The first kappa shape index (κ1) is 8.02. The molecule has 0 N–H and O–H groups in total. The summed E-state index contributed by atoms with van der Waals surface area (Å²) in [6.07, 6.45) is 0.713. The van der Waals surface area contributed by atoms with E-state index < -0.39 is 0 Å². The highest BCUT2D eigenvalue weighted by atomic mass is 15.5. The molecule has 0 aromatic carbocycles. The minimum atomic E-state index is 0.713. The van der Waals surface area contributed by atoms with Gasteiger partial charge in [0.1, 0.15) is 6.17 Å². The Morgan fingerprint density at radius 3 is 2.40 bits per heavy atom. The molecule has 0 radical (unpaired) electrons. The van der Waals surface area contributed by atoms with Crippen LogP contribution in [0.25, 0.3) is 0 Å². The summed E-state index contributed by atoms with van der Waals surface area (Å²) in [7, 11) is 4.55. The molecule has 2 heteroatoms. The molecule has 0 aliphatic carbocycles. The Labute approximate surface area is 64.0 Å². The predicted octanol–water partition coefficient (Wildman–Crippen LogP) is 0.744. The molecule has 0 amide bonds. The number of hydrogen-bond donors (Lipinski definition) is 0. The molecule has 0 saturated carbocycles. The molecule has 60 valence electrons. The van der Waals surface area contributed by atoms with Crippen LogP contribution >= 0.6 is 0 Å². The molecule has 1 heterocycles. The fourth-order valence-corrected chi connectivity index (χ4v) is 1.66. The highest BCUT2D eigenvalue weighted by molar-refractivity contribution is 4.62. The largest absolute Gasteiger partial charge is 0.310 e. The third-order valence-electron chi connectivity index (χ3n) is 3.23. The van der Waals surface area contributed by atoms with Gasteiger partial charge in [0.2, 0.25) is 0 Å². The lowest BCUT2D eigenvalue weighted by Gasteiger charge is -2.33. The van der Waals surface area contributed by atoms with E-state index in [1.807, 2.05) is 0 Å². The van der Waals surface area contributed by atoms with Gasteiger partial charge in [0.25, 0.3) is 0 Å². The Morgan fingerprint density at radius 1 is 1.60 bits per heavy atom. The number of likely N-dealkylation sites (N-methyl/N-ethyl adjacent to an activating group) is 2. The van der Waals surface area contributed by atoms with Crippen LogP contribution in [0.4, 0.5) is 0 Å². The molecule has 0 aromatic heterocycles. The maximum atomic E-state index is 2.43. The van der Waals surface area contributed by atoms with Gasteiger partial charge >= 0.3 is 0 Å². The fraction of sp³-hybridized carbons (Fsp3) is 1.00. The van der Waals surface area contributed by atoms with Gasteiger partial charge < -0.3 is 4.48 Å². The number of rotatable bonds is 1. The molecule has 2 unspecified atom stereocenters. The Morgan fingerprint density at radius 2 is 2.20 bits per heavy atom. The average molecular weight is 143 g/mol. The van der Waals surface area contributed by atoms with Gasteiger partial charge in [-0.25, -0.2) is 0 Å². The van der Waals surface area contributed by atoms with Gasteiger partial charge in [-0.1, -0.05) is 0 Å². The molecule has 2 atom stereocenters. The van der Waals surface area contributed by atoms with Crippen LogP contribution in [-0.2, 0) is 0 Å². The summed E-state index contributed by atoms with van der Waals surface area (Å²) in [6, 6.07) is 0. The Bertz CT molecular complexity index is 124. The topological polar surface area (TPSA) is 3.24 Å². The molecule has 1 aliphatic heterocycles. The van der Waals surface area contributed by atoms with E-state index in [2.05, 4.69) is 32.8 Å². The second-order valence-corrected chi connectivity index (χ2v) is 3.63. The second-order valence-electron chi connectivity index (χ2n) is 3.63. The smallest absolute Gasteiger partial charge is 0.142 e. The van der Waals surface area contributed by atoms with Crippen LogP contribution in [0.5, 0.6) is 0 Å². The molecular formula is C8H19N2+. The molecular weight excluding hydrogens is 124 g/mol. The van der Waals surface area contributed by atoms with E-state index in [9.17, 15) is 0 Å². The molecule has 0 aromatic rings. The van der Waals surface area contributed by atoms with Crippen LogP contribution in [-0.4, -0.2) is 49.3 Å². The summed E-state index contributed by atoms with van der Waals surface area (Å²) in [5, 5.41) is 0. The van der Waals surface area contributed by atoms with Crippen molar-refractivity contribution >= 4 is 0 Å². The van der Waals surface area contributed by atoms with E-state index in [0.717, 1.165) is 0 Å². The van der Waals surface area contributed by atoms with Crippen LogP contribution in [0, 0.1) is 0 Å². The highest BCUT2D eigenvalue weighted by Gasteiger charge is 2.36. The van der Waals surface area contributed by atoms with Crippen LogP contribution in [0.3, 0.4) is 0 Å². The number of hydrogen-bond acceptors (Lipinski definition) is 1. The number of quaternary nitrogens is 1. The van der Waals surface area contributed by atoms with E-state index in [1.165, 1.54) is 24.1 Å². The molecule has 0 bridgehead atoms. The normalized spacial score (nSPS) is 42.6. The lowest BCUT2D eigenvalue weighted by Crippen LogP contribution is -2.49. The zero-order valence-corrected chi connectivity index (χ0v) is 7.59. The fourth-order valence-electron chi connectivity index (χ4n) is 1.66. The third-order valence-corrected chi connectivity index (χ3v) is 3.23. The third kappa shape index (κ3) is 1.06. The van der Waals surface area contributed by atoms with Gasteiger partial charge in [-0.3, -0.25) is 4.90 Å². The van der Waals surface area contributed by atoms with E-state index in [0.29, 0.717) is 6.17 Å². The zero-order valence-electron chi connectivity index (χ0n) is 7.59. The van der Waals surface area contributed by atoms with Crippen molar-refractivity contribution in [2.24, 2.45) is 0 Å². The predicted molar refractivity (Wildman–Crippen MR) is 43.7 cm³/mol. The van der Waals surface area contributed by atoms with Crippen molar-refractivity contribution in [1.82, 2.24) is 4.90 Å². The van der Waals surface area contributed by atoms with Gasteiger partial charge in [0.05, 0.1) is 26.7 Å². The average Bonchev–Trinajstić information content (AvgIpc) is 2.19. The Balaban J connectivity index is 2.64. The SMILES string of the molecule is CC[N+]1(C)CCN(C)C1C. The van der Waals surface area contributed by atoms with E-state index in [4.69, 9.17) is 0 Å². The van der Waals surface area contributed by atoms with Crippen molar-refractivity contribution in [2.45, 2.75) is 20.0 Å². The molecule has 1 fully saturated rings.